The first kappa shape index (κ1) is 12.5. The highest BCUT2D eigenvalue weighted by atomic mass is 35.5. The number of hydrogen-bond acceptors (Lipinski definition) is 5. The van der Waals surface area contributed by atoms with Crippen molar-refractivity contribution in [2.75, 3.05) is 5.73 Å². The zero-order valence-corrected chi connectivity index (χ0v) is 10.5. The molecule has 0 atom stereocenters. The average molecular weight is 282 g/mol. The van der Waals surface area contributed by atoms with Gasteiger partial charge in [-0.05, 0) is 29.9 Å². The van der Waals surface area contributed by atoms with E-state index >= 15 is 0 Å². The summed E-state index contributed by atoms with van der Waals surface area (Å²) in [4.78, 5) is 24.4. The van der Waals surface area contributed by atoms with E-state index < -0.39 is 5.56 Å². The monoisotopic (exact) mass is 281 g/mol. The fourth-order valence-electron chi connectivity index (χ4n) is 1.26. The summed E-state index contributed by atoms with van der Waals surface area (Å²) in [5.41, 5.74) is 5.94. The van der Waals surface area contributed by atoms with Crippen molar-refractivity contribution in [3.8, 4) is 0 Å². The largest absolute Gasteiger partial charge is 0.383 e. The summed E-state index contributed by atoms with van der Waals surface area (Å²) in [7, 11) is 0. The Balaban J connectivity index is 2.41. The first-order chi connectivity index (χ1) is 8.56. The summed E-state index contributed by atoms with van der Waals surface area (Å²) < 4.78 is 0.156. The summed E-state index contributed by atoms with van der Waals surface area (Å²) in [6, 6.07) is 3.31. The number of H-pyrrole nitrogens is 2. The van der Waals surface area contributed by atoms with Crippen LogP contribution in [0.4, 0.5) is 11.5 Å². The molecular weight excluding hydrogens is 274 g/mol. The van der Waals surface area contributed by atoms with Crippen LogP contribution in [-0.2, 0) is 0 Å². The number of anilines is 1. The van der Waals surface area contributed by atoms with Crippen molar-refractivity contribution in [3.63, 3.8) is 0 Å². The molecule has 0 radical (unpaired) electrons. The van der Waals surface area contributed by atoms with E-state index in [-0.39, 0.29) is 16.3 Å². The highest BCUT2D eigenvalue weighted by molar-refractivity contribution is 7.71. The molecule has 0 saturated heterocycles. The maximum Gasteiger partial charge on any atom is 0.279 e. The maximum atomic E-state index is 11.6. The molecule has 8 heteroatoms. The van der Waals surface area contributed by atoms with Crippen LogP contribution in [0.3, 0.4) is 0 Å². The summed E-state index contributed by atoms with van der Waals surface area (Å²) in [5, 5.41) is 0.341. The van der Waals surface area contributed by atoms with Crippen molar-refractivity contribution in [2.45, 2.75) is 0 Å². The molecule has 0 fully saturated rings. The molecule has 0 aliphatic rings. The fraction of sp³-hybridized carbons (Fsp3) is 0. The Morgan fingerprint density at radius 2 is 2.28 bits per heavy atom. The summed E-state index contributed by atoms with van der Waals surface area (Å²) in [6.07, 6.45) is 3.00. The maximum absolute atomic E-state index is 11.6. The Kier molecular flexibility index (Phi) is 3.54. The van der Waals surface area contributed by atoms with E-state index in [2.05, 4.69) is 19.9 Å². The SMILES string of the molecule is Nc1[nH]c(=S)[nH]c(=O)c1N=Cc1ccnc(Cl)c1. The van der Waals surface area contributed by atoms with Gasteiger partial charge < -0.3 is 10.7 Å². The number of aromatic amines is 2. The molecule has 6 nitrogen and oxygen atoms in total. The molecular formula is C10H8ClN5OS. The van der Waals surface area contributed by atoms with Gasteiger partial charge in [0.25, 0.3) is 5.56 Å². The van der Waals surface area contributed by atoms with Gasteiger partial charge in [0.2, 0.25) is 0 Å². The molecule has 0 aliphatic carbocycles. The lowest BCUT2D eigenvalue weighted by atomic mass is 10.3. The van der Waals surface area contributed by atoms with Crippen molar-refractivity contribution in [1.29, 1.82) is 0 Å². The molecule has 0 amide bonds. The highest BCUT2D eigenvalue weighted by Gasteiger charge is 2.02. The molecule has 0 unspecified atom stereocenters. The predicted molar refractivity (Wildman–Crippen MR) is 73.2 cm³/mol. The second kappa shape index (κ2) is 5.11. The van der Waals surface area contributed by atoms with Crippen LogP contribution in [0.5, 0.6) is 0 Å². The minimum atomic E-state index is -0.451. The van der Waals surface area contributed by atoms with Crippen LogP contribution in [0.2, 0.25) is 5.15 Å². The number of nitrogens with one attached hydrogen (secondary N) is 2. The van der Waals surface area contributed by atoms with E-state index in [9.17, 15) is 4.79 Å². The van der Waals surface area contributed by atoms with E-state index in [0.29, 0.717) is 10.7 Å². The Bertz CT molecular complexity index is 721. The van der Waals surface area contributed by atoms with Crippen LogP contribution in [0, 0.1) is 4.77 Å². The van der Waals surface area contributed by atoms with Gasteiger partial charge in [0.15, 0.2) is 10.5 Å². The number of aliphatic imine (C=N–C) groups is 1. The van der Waals surface area contributed by atoms with Gasteiger partial charge in [0.05, 0.1) is 0 Å². The fourth-order valence-corrected chi connectivity index (χ4v) is 1.65. The summed E-state index contributed by atoms with van der Waals surface area (Å²) >= 11 is 10.5. The molecule has 18 heavy (non-hydrogen) atoms. The molecule has 0 aromatic carbocycles. The summed E-state index contributed by atoms with van der Waals surface area (Å²) in [5.74, 6) is 0.111. The number of nitrogens with two attached hydrogens (primary N) is 1. The van der Waals surface area contributed by atoms with Gasteiger partial charge in [0.1, 0.15) is 11.0 Å². The summed E-state index contributed by atoms with van der Waals surface area (Å²) in [6.45, 7) is 0. The lowest BCUT2D eigenvalue weighted by molar-refractivity contribution is 1.09. The van der Waals surface area contributed by atoms with E-state index in [4.69, 9.17) is 29.6 Å². The van der Waals surface area contributed by atoms with E-state index in [0.717, 1.165) is 0 Å². The molecule has 2 heterocycles. The van der Waals surface area contributed by atoms with Gasteiger partial charge in [-0.2, -0.15) is 0 Å². The lowest BCUT2D eigenvalue weighted by Crippen LogP contribution is -2.10. The average Bonchev–Trinajstić information content (AvgIpc) is 2.27. The quantitative estimate of drug-likeness (QED) is 0.444. The third-order valence-electron chi connectivity index (χ3n) is 2.04. The topological polar surface area (TPSA) is 99.9 Å². The molecule has 4 N–H and O–H groups in total. The minimum absolute atomic E-state index is 0.0662. The molecule has 2 aromatic rings. The van der Waals surface area contributed by atoms with Crippen LogP contribution < -0.4 is 11.3 Å². The Labute approximate surface area is 112 Å². The number of hydrogen-bond donors (Lipinski definition) is 3. The van der Waals surface area contributed by atoms with Crippen LogP contribution in [0.25, 0.3) is 0 Å². The lowest BCUT2D eigenvalue weighted by Gasteiger charge is -1.98. The standard InChI is InChI=1S/C10H8ClN5OS/c11-6-3-5(1-2-13-6)4-14-7-8(12)15-10(18)16-9(7)17/h1-4H,(H4,12,15,16,17,18). The van der Waals surface area contributed by atoms with Crippen LogP contribution >= 0.6 is 23.8 Å². The van der Waals surface area contributed by atoms with E-state index in [1.165, 1.54) is 12.4 Å². The van der Waals surface area contributed by atoms with Crippen molar-refractivity contribution in [2.24, 2.45) is 4.99 Å². The van der Waals surface area contributed by atoms with Crippen molar-refractivity contribution in [3.05, 3.63) is 44.2 Å². The third-order valence-corrected chi connectivity index (χ3v) is 2.45. The minimum Gasteiger partial charge on any atom is -0.383 e. The molecule has 0 spiro atoms. The zero-order chi connectivity index (χ0) is 13.1. The van der Waals surface area contributed by atoms with Gasteiger partial charge in [-0.15, -0.1) is 0 Å². The van der Waals surface area contributed by atoms with Gasteiger partial charge in [-0.3, -0.25) is 9.78 Å². The van der Waals surface area contributed by atoms with Crippen LogP contribution in [-0.4, -0.2) is 21.2 Å². The number of rotatable bonds is 2. The van der Waals surface area contributed by atoms with E-state index in [1.807, 2.05) is 0 Å². The Morgan fingerprint density at radius 3 is 2.94 bits per heavy atom. The number of halogens is 1. The van der Waals surface area contributed by atoms with Crippen LogP contribution in [0.15, 0.2) is 28.1 Å². The Hall–Kier alpha value is -1.99. The van der Waals surface area contributed by atoms with Crippen molar-refractivity contribution >= 4 is 41.5 Å². The smallest absolute Gasteiger partial charge is 0.279 e. The molecule has 2 rings (SSSR count). The predicted octanol–water partition coefficient (Wildman–Crippen LogP) is 1.81. The molecule has 0 aliphatic heterocycles. The van der Waals surface area contributed by atoms with Crippen molar-refractivity contribution in [1.82, 2.24) is 15.0 Å². The Morgan fingerprint density at radius 1 is 1.50 bits per heavy atom. The molecule has 92 valence electrons. The highest BCUT2D eigenvalue weighted by Crippen LogP contribution is 2.12. The van der Waals surface area contributed by atoms with E-state index in [1.54, 1.807) is 12.1 Å². The zero-order valence-electron chi connectivity index (χ0n) is 8.98. The van der Waals surface area contributed by atoms with Gasteiger partial charge >= 0.3 is 0 Å². The van der Waals surface area contributed by atoms with Crippen LogP contribution in [0.1, 0.15) is 5.56 Å². The number of pyridine rings is 1. The first-order valence-corrected chi connectivity index (χ1v) is 5.62. The number of nitrogens with zero attached hydrogens (tertiary/aromatic N) is 2. The second-order valence-corrected chi connectivity index (χ2v) is 4.14. The molecule has 0 saturated carbocycles. The number of aromatic nitrogens is 3. The molecule has 2 aromatic heterocycles. The number of nitrogen functional groups attached to an aromatic ring is 1. The second-order valence-electron chi connectivity index (χ2n) is 3.34. The van der Waals surface area contributed by atoms with Crippen molar-refractivity contribution < 1.29 is 0 Å². The molecule has 0 bridgehead atoms. The van der Waals surface area contributed by atoms with Gasteiger partial charge in [0, 0.05) is 12.4 Å². The van der Waals surface area contributed by atoms with Gasteiger partial charge in [-0.1, -0.05) is 11.6 Å². The third kappa shape index (κ3) is 2.82. The normalized spacial score (nSPS) is 10.9. The van der Waals surface area contributed by atoms with Gasteiger partial charge in [-0.25, -0.2) is 9.98 Å². The first-order valence-electron chi connectivity index (χ1n) is 4.84.